The van der Waals surface area contributed by atoms with Crippen molar-refractivity contribution in [1.82, 2.24) is 10.2 Å². The predicted molar refractivity (Wildman–Crippen MR) is 143 cm³/mol. The summed E-state index contributed by atoms with van der Waals surface area (Å²) in [7, 11) is 0. The first-order valence-corrected chi connectivity index (χ1v) is 14.7. The normalized spacial score (nSPS) is 38.4. The molecule has 6 heteroatoms. The lowest BCUT2D eigenvalue weighted by molar-refractivity contribution is -0.117. The molecule has 0 saturated heterocycles. The Bertz CT molecular complexity index is 924. The summed E-state index contributed by atoms with van der Waals surface area (Å²) in [4.78, 5) is 32.6. The summed E-state index contributed by atoms with van der Waals surface area (Å²) in [5, 5.41) is 7.80. The van der Waals surface area contributed by atoms with Gasteiger partial charge < -0.3 is 10.2 Å². The third-order valence-corrected chi connectivity index (χ3v) is 11.3. The van der Waals surface area contributed by atoms with E-state index < -0.39 is 0 Å². The van der Waals surface area contributed by atoms with Crippen LogP contribution in [0.1, 0.15) is 98.3 Å². The Morgan fingerprint density at radius 2 is 1.92 bits per heavy atom. The van der Waals surface area contributed by atoms with Crippen LogP contribution >= 0.6 is 0 Å². The van der Waals surface area contributed by atoms with Gasteiger partial charge in [-0.3, -0.25) is 9.63 Å². The van der Waals surface area contributed by atoms with Crippen LogP contribution in [0.4, 0.5) is 4.79 Å². The zero-order valence-corrected chi connectivity index (χ0v) is 23.0. The molecule has 0 aliphatic heterocycles. The van der Waals surface area contributed by atoms with Gasteiger partial charge in [0.2, 0.25) is 0 Å². The number of carbonyl (C=O) groups is 2. The van der Waals surface area contributed by atoms with Gasteiger partial charge in [0.1, 0.15) is 0 Å². The molecule has 5 aliphatic rings. The van der Waals surface area contributed by atoms with Crippen LogP contribution in [-0.4, -0.2) is 48.2 Å². The fraction of sp³-hybridized carbons (Fsp3) is 0.833. The maximum atomic E-state index is 13.0. The number of allylic oxidation sites excluding steroid dienone is 1. The molecule has 0 aromatic carbocycles. The molecule has 0 radical (unpaired) electrons. The molecule has 5 rings (SSSR count). The van der Waals surface area contributed by atoms with E-state index in [-0.39, 0.29) is 16.9 Å². The Balaban J connectivity index is 1.26. The standard InChI is InChI=1S/C30H47N3O3/c1-5-31-17-18-33(22-7-6-8-22)28(35)36-32-20(2)25-11-12-26-24-10-9-21-19-23(34)13-15-29(21,3)27(24)14-16-30(25,26)4/h19,22,24-27,31H,5-18H2,1-4H3/b32-20+/t24-,25+,26-,27-,29-,30+/m0/s1. The molecule has 0 heterocycles. The molecule has 4 saturated carbocycles. The lowest BCUT2D eigenvalue weighted by Crippen LogP contribution is -2.51. The van der Waals surface area contributed by atoms with E-state index in [1.807, 2.05) is 11.0 Å². The number of rotatable bonds is 7. The average molecular weight is 498 g/mol. The largest absolute Gasteiger partial charge is 0.436 e. The van der Waals surface area contributed by atoms with Crippen molar-refractivity contribution in [2.75, 3.05) is 19.6 Å². The highest BCUT2D eigenvalue weighted by atomic mass is 16.7. The molecule has 6 atom stereocenters. The summed E-state index contributed by atoms with van der Waals surface area (Å²) in [5.74, 6) is 2.85. The second-order valence-electron chi connectivity index (χ2n) is 12.9. The van der Waals surface area contributed by atoms with Crippen molar-refractivity contribution in [3.63, 3.8) is 0 Å². The van der Waals surface area contributed by atoms with Gasteiger partial charge in [-0.25, -0.2) is 4.79 Å². The van der Waals surface area contributed by atoms with Crippen molar-refractivity contribution in [2.45, 2.75) is 104 Å². The summed E-state index contributed by atoms with van der Waals surface area (Å²) in [6.07, 6.45) is 13.9. The van der Waals surface area contributed by atoms with Crippen LogP contribution < -0.4 is 5.32 Å². The SMILES string of the molecule is CCNCCN(C(=O)O/N=C(\C)[C@H]1CC[C@H]2[C@@H]3CCC4=CC(=O)CC[C@]4(C)[C@H]3CC[C@]12C)C1CCC1. The second kappa shape index (κ2) is 10.2. The zero-order valence-electron chi connectivity index (χ0n) is 23.0. The van der Waals surface area contributed by atoms with E-state index in [4.69, 9.17) is 4.84 Å². The highest BCUT2D eigenvalue weighted by Gasteiger charge is 2.59. The number of amides is 1. The van der Waals surface area contributed by atoms with E-state index >= 15 is 0 Å². The topological polar surface area (TPSA) is 71.0 Å². The number of oxime groups is 1. The first-order chi connectivity index (χ1) is 17.3. The third kappa shape index (κ3) is 4.46. The Kier molecular flexibility index (Phi) is 7.37. The lowest BCUT2D eigenvalue weighted by Gasteiger charge is -2.58. The summed E-state index contributed by atoms with van der Waals surface area (Å²) >= 11 is 0. The monoisotopic (exact) mass is 497 g/mol. The van der Waals surface area contributed by atoms with Gasteiger partial charge in [0, 0.05) is 31.5 Å². The maximum Gasteiger partial charge on any atom is 0.436 e. The second-order valence-corrected chi connectivity index (χ2v) is 12.9. The number of nitrogens with zero attached hydrogens (tertiary/aromatic N) is 2. The number of likely N-dealkylation sites (N-methyl/N-ethyl adjacent to an activating group) is 1. The first kappa shape index (κ1) is 25.9. The van der Waals surface area contributed by atoms with Crippen LogP contribution in [0.25, 0.3) is 0 Å². The number of nitrogens with one attached hydrogen (secondary N) is 1. The van der Waals surface area contributed by atoms with E-state index in [2.05, 4.69) is 38.2 Å². The van der Waals surface area contributed by atoms with Crippen LogP contribution in [0, 0.1) is 34.5 Å². The first-order valence-electron chi connectivity index (χ1n) is 14.7. The van der Waals surface area contributed by atoms with Crippen molar-refractivity contribution < 1.29 is 14.4 Å². The lowest BCUT2D eigenvalue weighted by atomic mass is 9.46. The quantitative estimate of drug-likeness (QED) is 0.199. The van der Waals surface area contributed by atoms with Gasteiger partial charge >= 0.3 is 6.09 Å². The molecule has 5 aliphatic carbocycles. The molecule has 1 N–H and O–H groups in total. The predicted octanol–water partition coefficient (Wildman–Crippen LogP) is 6.11. The molecule has 200 valence electrons. The van der Waals surface area contributed by atoms with Crippen LogP contribution in [0.3, 0.4) is 0 Å². The minimum atomic E-state index is -0.285. The molecule has 4 fully saturated rings. The minimum absolute atomic E-state index is 0.215. The van der Waals surface area contributed by atoms with Gasteiger partial charge in [-0.1, -0.05) is 31.5 Å². The molecule has 0 aromatic rings. The minimum Gasteiger partial charge on any atom is -0.315 e. The van der Waals surface area contributed by atoms with Crippen LogP contribution in [0.5, 0.6) is 0 Å². The van der Waals surface area contributed by atoms with E-state index in [0.29, 0.717) is 36.1 Å². The van der Waals surface area contributed by atoms with E-state index in [1.165, 1.54) is 37.7 Å². The van der Waals surface area contributed by atoms with E-state index in [9.17, 15) is 9.59 Å². The molecule has 0 unspecified atom stereocenters. The Hall–Kier alpha value is -1.69. The van der Waals surface area contributed by atoms with Crippen LogP contribution in [0.2, 0.25) is 0 Å². The van der Waals surface area contributed by atoms with Crippen LogP contribution in [0.15, 0.2) is 16.8 Å². The number of hydrogen-bond acceptors (Lipinski definition) is 5. The fourth-order valence-corrected chi connectivity index (χ4v) is 8.97. The Morgan fingerprint density at radius 1 is 1.11 bits per heavy atom. The maximum absolute atomic E-state index is 13.0. The van der Waals surface area contributed by atoms with Gasteiger partial charge in [-0.15, -0.1) is 0 Å². The highest BCUT2D eigenvalue weighted by molar-refractivity contribution is 5.91. The third-order valence-electron chi connectivity index (χ3n) is 11.3. The van der Waals surface area contributed by atoms with Crippen molar-refractivity contribution in [3.05, 3.63) is 11.6 Å². The molecule has 1 amide bonds. The molecule has 0 bridgehead atoms. The Morgan fingerprint density at radius 3 is 2.64 bits per heavy atom. The van der Waals surface area contributed by atoms with Gasteiger partial charge in [0.05, 0.1) is 5.71 Å². The average Bonchev–Trinajstić information content (AvgIpc) is 3.18. The zero-order chi connectivity index (χ0) is 25.5. The van der Waals surface area contributed by atoms with Gasteiger partial charge in [0.25, 0.3) is 0 Å². The van der Waals surface area contributed by atoms with Gasteiger partial charge in [-0.2, -0.15) is 0 Å². The number of ketones is 1. The number of carbonyl (C=O) groups excluding carboxylic acids is 2. The van der Waals surface area contributed by atoms with Crippen LogP contribution in [-0.2, 0) is 9.63 Å². The summed E-state index contributed by atoms with van der Waals surface area (Å²) in [6.45, 7) is 11.5. The number of fused-ring (bicyclic) bond motifs is 5. The summed E-state index contributed by atoms with van der Waals surface area (Å²) < 4.78 is 0. The van der Waals surface area contributed by atoms with Crippen molar-refractivity contribution in [2.24, 2.45) is 39.7 Å². The van der Waals surface area contributed by atoms with Crippen molar-refractivity contribution in [3.8, 4) is 0 Å². The molecular formula is C30H47N3O3. The molecule has 0 aromatic heterocycles. The molecule has 36 heavy (non-hydrogen) atoms. The fourth-order valence-electron chi connectivity index (χ4n) is 8.97. The van der Waals surface area contributed by atoms with Gasteiger partial charge in [0.15, 0.2) is 5.78 Å². The number of hydrogen-bond donors (Lipinski definition) is 1. The van der Waals surface area contributed by atoms with E-state index in [0.717, 1.165) is 63.2 Å². The highest BCUT2D eigenvalue weighted by Crippen LogP contribution is 2.66. The van der Waals surface area contributed by atoms with E-state index in [1.54, 1.807) is 0 Å². The Labute approximate surface area is 217 Å². The molecule has 0 spiro atoms. The van der Waals surface area contributed by atoms with Crippen molar-refractivity contribution >= 4 is 17.6 Å². The van der Waals surface area contributed by atoms with Crippen molar-refractivity contribution in [1.29, 1.82) is 0 Å². The summed E-state index contributed by atoms with van der Waals surface area (Å²) in [5.41, 5.74) is 2.87. The smallest absolute Gasteiger partial charge is 0.315 e. The summed E-state index contributed by atoms with van der Waals surface area (Å²) in [6, 6.07) is 0.303. The van der Waals surface area contributed by atoms with Gasteiger partial charge in [-0.05, 0) is 112 Å². The molecular weight excluding hydrogens is 450 g/mol. The molecule has 6 nitrogen and oxygen atoms in total.